The van der Waals surface area contributed by atoms with Gasteiger partial charge in [0.2, 0.25) is 5.91 Å². The first-order chi connectivity index (χ1) is 10.7. The Balaban J connectivity index is 1.53. The van der Waals surface area contributed by atoms with Crippen molar-refractivity contribution in [1.29, 1.82) is 0 Å². The number of fused-ring (bicyclic) bond motifs is 1. The summed E-state index contributed by atoms with van der Waals surface area (Å²) in [5.41, 5.74) is 1.04. The number of amides is 1. The molecule has 0 aromatic heterocycles. The Bertz CT molecular complexity index is 544. The van der Waals surface area contributed by atoms with Gasteiger partial charge < -0.3 is 20.1 Å². The first-order valence-electron chi connectivity index (χ1n) is 7.80. The van der Waals surface area contributed by atoms with Crippen molar-refractivity contribution in [3.8, 4) is 11.5 Å². The van der Waals surface area contributed by atoms with Crippen molar-refractivity contribution < 1.29 is 14.3 Å². The highest BCUT2D eigenvalue weighted by atomic mass is 35.5. The number of carbonyl (C=O) groups excluding carboxylic acids is 1. The number of nitrogens with one attached hydrogen (secondary N) is 2. The normalized spacial score (nSPS) is 18.0. The summed E-state index contributed by atoms with van der Waals surface area (Å²) in [6, 6.07) is 3.82. The molecule has 6 heteroatoms. The Hall–Kier alpha value is -1.46. The summed E-state index contributed by atoms with van der Waals surface area (Å²) in [5.74, 6) is 1.61. The van der Waals surface area contributed by atoms with Gasteiger partial charge in [-0.2, -0.15) is 0 Å². The summed E-state index contributed by atoms with van der Waals surface area (Å²) < 4.78 is 11.1. The molecule has 1 amide bonds. The molecule has 2 heterocycles. The Morgan fingerprint density at radius 1 is 1.27 bits per heavy atom. The van der Waals surface area contributed by atoms with Crippen molar-refractivity contribution in [1.82, 2.24) is 10.6 Å². The van der Waals surface area contributed by atoms with Crippen molar-refractivity contribution in [2.24, 2.45) is 5.92 Å². The van der Waals surface area contributed by atoms with Crippen LogP contribution < -0.4 is 20.1 Å². The van der Waals surface area contributed by atoms with Gasteiger partial charge in [-0.3, -0.25) is 4.79 Å². The molecule has 0 spiro atoms. The minimum absolute atomic E-state index is 0.144. The highest BCUT2D eigenvalue weighted by Gasteiger charge is 2.20. The molecule has 2 aliphatic heterocycles. The average molecular weight is 325 g/mol. The van der Waals surface area contributed by atoms with E-state index in [1.807, 2.05) is 12.1 Å². The number of hydrogen-bond acceptors (Lipinski definition) is 4. The number of carbonyl (C=O) groups is 1. The second-order valence-electron chi connectivity index (χ2n) is 5.67. The van der Waals surface area contributed by atoms with E-state index in [2.05, 4.69) is 10.6 Å². The zero-order valence-corrected chi connectivity index (χ0v) is 13.2. The zero-order chi connectivity index (χ0) is 15.4. The molecule has 0 bridgehead atoms. The molecule has 22 heavy (non-hydrogen) atoms. The van der Waals surface area contributed by atoms with Crippen LogP contribution in [0.4, 0.5) is 0 Å². The lowest BCUT2D eigenvalue weighted by Gasteiger charge is -2.22. The minimum atomic E-state index is 0.144. The number of halogens is 1. The summed E-state index contributed by atoms with van der Waals surface area (Å²) in [6.07, 6.45) is 2.57. The summed E-state index contributed by atoms with van der Waals surface area (Å²) in [5, 5.41) is 6.85. The average Bonchev–Trinajstić information content (AvgIpc) is 2.56. The molecule has 1 saturated heterocycles. The van der Waals surface area contributed by atoms with Crippen LogP contribution in [0, 0.1) is 5.92 Å². The van der Waals surface area contributed by atoms with Gasteiger partial charge in [-0.1, -0.05) is 11.6 Å². The molecule has 0 saturated carbocycles. The molecule has 5 nitrogen and oxygen atoms in total. The molecular formula is C16H21ClN2O3. The Kier molecular flexibility index (Phi) is 5.05. The zero-order valence-electron chi connectivity index (χ0n) is 12.5. The van der Waals surface area contributed by atoms with Crippen molar-refractivity contribution in [3.05, 3.63) is 22.7 Å². The topological polar surface area (TPSA) is 59.6 Å². The van der Waals surface area contributed by atoms with Gasteiger partial charge in [0.15, 0.2) is 11.5 Å². The lowest BCUT2D eigenvalue weighted by atomic mass is 9.97. The van der Waals surface area contributed by atoms with Crippen molar-refractivity contribution >= 4 is 17.5 Å². The van der Waals surface area contributed by atoms with Gasteiger partial charge in [-0.15, -0.1) is 0 Å². The lowest BCUT2D eigenvalue weighted by molar-refractivity contribution is -0.125. The van der Waals surface area contributed by atoms with Gasteiger partial charge >= 0.3 is 0 Å². The van der Waals surface area contributed by atoms with Crippen LogP contribution in [0.1, 0.15) is 18.4 Å². The molecule has 120 valence electrons. The standard InChI is InChI=1S/C16H21ClN2O3/c17-13-9-11(10-14-15(13)22-8-7-21-14)1-6-19-16(20)12-2-4-18-5-3-12/h9-10,12,18H,1-8H2,(H,19,20). The summed E-state index contributed by atoms with van der Waals surface area (Å²) in [7, 11) is 0. The maximum absolute atomic E-state index is 12.1. The monoisotopic (exact) mass is 324 g/mol. The van der Waals surface area contributed by atoms with Crippen LogP contribution >= 0.6 is 11.6 Å². The number of piperidine rings is 1. The first kappa shape index (κ1) is 15.4. The number of benzene rings is 1. The van der Waals surface area contributed by atoms with E-state index in [9.17, 15) is 4.79 Å². The molecule has 0 radical (unpaired) electrons. The van der Waals surface area contributed by atoms with E-state index in [1.54, 1.807) is 0 Å². The number of hydrogen-bond donors (Lipinski definition) is 2. The fraction of sp³-hybridized carbons (Fsp3) is 0.562. The van der Waals surface area contributed by atoms with Crippen LogP contribution in [0.3, 0.4) is 0 Å². The number of ether oxygens (including phenoxy) is 2. The predicted octanol–water partition coefficient (Wildman–Crippen LogP) is 1.77. The van der Waals surface area contributed by atoms with E-state index in [-0.39, 0.29) is 11.8 Å². The van der Waals surface area contributed by atoms with Crippen molar-refractivity contribution in [3.63, 3.8) is 0 Å². The summed E-state index contributed by atoms with van der Waals surface area (Å²) in [6.45, 7) is 3.53. The van der Waals surface area contributed by atoms with Gasteiger partial charge in [-0.25, -0.2) is 0 Å². The molecular weight excluding hydrogens is 304 g/mol. The third-order valence-corrected chi connectivity index (χ3v) is 4.36. The van der Waals surface area contributed by atoms with Gasteiger partial charge in [0.05, 0.1) is 5.02 Å². The van der Waals surface area contributed by atoms with Crippen molar-refractivity contribution in [2.45, 2.75) is 19.3 Å². The molecule has 0 atom stereocenters. The maximum atomic E-state index is 12.1. The second kappa shape index (κ2) is 7.20. The molecule has 2 N–H and O–H groups in total. The van der Waals surface area contributed by atoms with E-state index in [4.69, 9.17) is 21.1 Å². The highest BCUT2D eigenvalue weighted by molar-refractivity contribution is 6.32. The first-order valence-corrected chi connectivity index (χ1v) is 8.18. The van der Waals surface area contributed by atoms with E-state index >= 15 is 0 Å². The molecule has 0 unspecified atom stereocenters. The van der Waals surface area contributed by atoms with E-state index in [1.165, 1.54) is 0 Å². The van der Waals surface area contributed by atoms with Gasteiger partial charge in [0, 0.05) is 12.5 Å². The Morgan fingerprint density at radius 3 is 2.86 bits per heavy atom. The predicted molar refractivity (Wildman–Crippen MR) is 84.7 cm³/mol. The second-order valence-corrected chi connectivity index (χ2v) is 6.07. The fourth-order valence-electron chi connectivity index (χ4n) is 2.87. The lowest BCUT2D eigenvalue weighted by Crippen LogP contribution is -2.38. The van der Waals surface area contributed by atoms with E-state index in [0.29, 0.717) is 36.3 Å². The van der Waals surface area contributed by atoms with Crippen LogP contribution in [0.25, 0.3) is 0 Å². The molecule has 0 aliphatic carbocycles. The smallest absolute Gasteiger partial charge is 0.223 e. The molecule has 2 aliphatic rings. The Labute approximate surface area is 135 Å². The fourth-order valence-corrected chi connectivity index (χ4v) is 3.15. The Morgan fingerprint density at radius 2 is 2.05 bits per heavy atom. The molecule has 1 aromatic rings. The molecule has 3 rings (SSSR count). The maximum Gasteiger partial charge on any atom is 0.223 e. The van der Waals surface area contributed by atoms with Crippen LogP contribution in [0.15, 0.2) is 12.1 Å². The van der Waals surface area contributed by atoms with Crippen LogP contribution in [-0.2, 0) is 11.2 Å². The quantitative estimate of drug-likeness (QED) is 0.886. The van der Waals surface area contributed by atoms with Crippen LogP contribution in [0.5, 0.6) is 11.5 Å². The highest BCUT2D eigenvalue weighted by Crippen LogP contribution is 2.38. The van der Waals surface area contributed by atoms with Gasteiger partial charge in [0.1, 0.15) is 13.2 Å². The van der Waals surface area contributed by atoms with Gasteiger partial charge in [-0.05, 0) is 50.0 Å². The number of rotatable bonds is 4. The van der Waals surface area contributed by atoms with Gasteiger partial charge in [0.25, 0.3) is 0 Å². The third-order valence-electron chi connectivity index (χ3n) is 4.08. The van der Waals surface area contributed by atoms with Crippen molar-refractivity contribution in [2.75, 3.05) is 32.8 Å². The van der Waals surface area contributed by atoms with E-state index < -0.39 is 0 Å². The third kappa shape index (κ3) is 3.65. The molecule has 1 aromatic carbocycles. The van der Waals surface area contributed by atoms with E-state index in [0.717, 1.165) is 37.9 Å². The largest absolute Gasteiger partial charge is 0.486 e. The van der Waals surface area contributed by atoms with Crippen LogP contribution in [-0.4, -0.2) is 38.8 Å². The summed E-state index contributed by atoms with van der Waals surface area (Å²) >= 11 is 6.21. The summed E-state index contributed by atoms with van der Waals surface area (Å²) in [4.78, 5) is 12.1. The molecule has 1 fully saturated rings. The SMILES string of the molecule is O=C(NCCc1cc(Cl)c2c(c1)OCCO2)C1CCNCC1. The minimum Gasteiger partial charge on any atom is -0.486 e. The van der Waals surface area contributed by atoms with Crippen LogP contribution in [0.2, 0.25) is 5.02 Å².